The van der Waals surface area contributed by atoms with Gasteiger partial charge in [-0.2, -0.15) is 0 Å². The lowest BCUT2D eigenvalue weighted by Crippen LogP contribution is -1.81. The zero-order valence-corrected chi connectivity index (χ0v) is 10.8. The molecule has 0 saturated carbocycles. The van der Waals surface area contributed by atoms with Crippen molar-refractivity contribution in [1.82, 2.24) is 4.98 Å². The van der Waals surface area contributed by atoms with E-state index in [1.807, 2.05) is 6.07 Å². The Morgan fingerprint density at radius 2 is 1.50 bits per heavy atom. The third-order valence-corrected chi connectivity index (χ3v) is 2.45. The number of pyridine rings is 1. The Bertz CT molecular complexity index is 533. The minimum Gasteiger partial charge on any atom is -0.361 e. The molecule has 0 saturated heterocycles. The van der Waals surface area contributed by atoms with Gasteiger partial charge in [0.2, 0.25) is 0 Å². The predicted molar refractivity (Wildman–Crippen MR) is 76.7 cm³/mol. The third-order valence-electron chi connectivity index (χ3n) is 2.45. The van der Waals surface area contributed by atoms with E-state index in [9.17, 15) is 0 Å². The molecule has 1 aliphatic heterocycles. The van der Waals surface area contributed by atoms with Gasteiger partial charge in [-0.25, -0.2) is 0 Å². The number of H-pyrrole nitrogens is 1. The number of para-hydroxylation sites is 1. The molecule has 0 aromatic heterocycles. The smallest absolute Gasteiger partial charge is 0.0459 e. The van der Waals surface area contributed by atoms with E-state index < -0.39 is 0 Å². The number of aromatic amines is 1. The summed E-state index contributed by atoms with van der Waals surface area (Å²) in [4.78, 5) is 3.28. The molecule has 0 amide bonds. The molecule has 0 unspecified atom stereocenters. The summed E-state index contributed by atoms with van der Waals surface area (Å²) in [7, 11) is 0. The van der Waals surface area contributed by atoms with Crippen molar-refractivity contribution in [3.8, 4) is 11.1 Å². The second-order valence-electron chi connectivity index (χ2n) is 3.23. The molecule has 1 nitrogen and oxygen atoms in total. The van der Waals surface area contributed by atoms with E-state index in [4.69, 9.17) is 0 Å². The van der Waals surface area contributed by atoms with Gasteiger partial charge in [-0.05, 0) is 17.2 Å². The SMILES string of the molecule is Cl.Cl.Cl.c1cc2c[nH]c3ccccc3c-2c1. The van der Waals surface area contributed by atoms with Gasteiger partial charge in [0.05, 0.1) is 0 Å². The van der Waals surface area contributed by atoms with Crippen LogP contribution in [-0.4, -0.2) is 4.98 Å². The number of halogens is 3. The summed E-state index contributed by atoms with van der Waals surface area (Å²) in [5, 5.41) is 1.30. The summed E-state index contributed by atoms with van der Waals surface area (Å²) < 4.78 is 0. The number of fused-ring (bicyclic) bond motifs is 3. The average molecular weight is 277 g/mol. The maximum absolute atomic E-state index is 3.28. The van der Waals surface area contributed by atoms with Gasteiger partial charge in [0.1, 0.15) is 0 Å². The lowest BCUT2D eigenvalue weighted by atomic mass is 10.1. The molecule has 3 rings (SSSR count). The van der Waals surface area contributed by atoms with Crippen LogP contribution in [0.25, 0.3) is 22.0 Å². The normalized spacial score (nSPS) is 9.00. The Morgan fingerprint density at radius 3 is 2.31 bits per heavy atom. The van der Waals surface area contributed by atoms with E-state index in [1.165, 1.54) is 22.0 Å². The van der Waals surface area contributed by atoms with Crippen molar-refractivity contribution >= 4 is 48.1 Å². The Balaban J connectivity index is 0.000000750. The lowest BCUT2D eigenvalue weighted by molar-refractivity contribution is 1.42. The molecule has 86 valence electrons. The highest BCUT2D eigenvalue weighted by Gasteiger charge is 2.04. The fourth-order valence-electron chi connectivity index (χ4n) is 1.80. The van der Waals surface area contributed by atoms with Crippen molar-refractivity contribution in [2.24, 2.45) is 0 Å². The Labute approximate surface area is 113 Å². The first kappa shape index (κ1) is 15.1. The maximum Gasteiger partial charge on any atom is 0.0459 e. The maximum atomic E-state index is 3.28. The first-order valence-corrected chi connectivity index (χ1v) is 4.40. The predicted octanol–water partition coefficient (Wildman–Crippen LogP) is 4.54. The zero-order valence-electron chi connectivity index (χ0n) is 8.34. The lowest BCUT2D eigenvalue weighted by Gasteiger charge is -2.04. The first-order chi connectivity index (χ1) is 6.45. The quantitative estimate of drug-likeness (QED) is 0.620. The number of hydrogen-bond donors (Lipinski definition) is 1. The summed E-state index contributed by atoms with van der Waals surface area (Å²) in [5.74, 6) is 0. The largest absolute Gasteiger partial charge is 0.361 e. The minimum atomic E-state index is 0. The number of hydrogen-bond acceptors (Lipinski definition) is 0. The van der Waals surface area contributed by atoms with E-state index in [1.54, 1.807) is 0 Å². The van der Waals surface area contributed by atoms with Gasteiger partial charge in [0.25, 0.3) is 0 Å². The fraction of sp³-hybridized carbons (Fsp3) is 0. The molecular weight excluding hydrogens is 264 g/mol. The highest BCUT2D eigenvalue weighted by atomic mass is 35.5. The number of aromatic nitrogens is 1. The second-order valence-corrected chi connectivity index (χ2v) is 3.23. The van der Waals surface area contributed by atoms with Crippen LogP contribution in [0.5, 0.6) is 0 Å². The zero-order chi connectivity index (χ0) is 8.67. The summed E-state index contributed by atoms with van der Waals surface area (Å²) >= 11 is 0. The number of nitrogens with one attached hydrogen (secondary N) is 1. The monoisotopic (exact) mass is 275 g/mol. The molecule has 16 heavy (non-hydrogen) atoms. The molecule has 2 aliphatic rings. The molecule has 0 atom stereocenters. The minimum absolute atomic E-state index is 0. The number of rotatable bonds is 0. The molecule has 1 N–H and O–H groups in total. The fourth-order valence-corrected chi connectivity index (χ4v) is 1.80. The van der Waals surface area contributed by atoms with E-state index >= 15 is 0 Å². The average Bonchev–Trinajstić information content (AvgIpc) is 2.65. The van der Waals surface area contributed by atoms with Gasteiger partial charge in [-0.1, -0.05) is 36.4 Å². The van der Waals surface area contributed by atoms with Crippen LogP contribution in [0.1, 0.15) is 0 Å². The van der Waals surface area contributed by atoms with Gasteiger partial charge < -0.3 is 4.98 Å². The van der Waals surface area contributed by atoms with Crippen LogP contribution in [0.15, 0.2) is 48.7 Å². The van der Waals surface area contributed by atoms with E-state index in [0.29, 0.717) is 0 Å². The van der Waals surface area contributed by atoms with E-state index in [2.05, 4.69) is 47.6 Å². The second kappa shape index (κ2) is 6.00. The van der Waals surface area contributed by atoms with Gasteiger partial charge in [-0.15, -0.1) is 37.2 Å². The Hall–Kier alpha value is -0.890. The molecule has 1 heterocycles. The highest BCUT2D eigenvalue weighted by molar-refractivity contribution is 5.95. The highest BCUT2D eigenvalue weighted by Crippen LogP contribution is 2.29. The van der Waals surface area contributed by atoms with Gasteiger partial charge in [0.15, 0.2) is 0 Å². The Morgan fingerprint density at radius 1 is 0.750 bits per heavy atom. The molecule has 4 heteroatoms. The van der Waals surface area contributed by atoms with Gasteiger partial charge in [-0.3, -0.25) is 0 Å². The van der Waals surface area contributed by atoms with Crippen molar-refractivity contribution in [3.63, 3.8) is 0 Å². The molecule has 1 aromatic rings. The van der Waals surface area contributed by atoms with E-state index in [0.717, 1.165) is 0 Å². The molecule has 1 aliphatic carbocycles. The van der Waals surface area contributed by atoms with Crippen LogP contribution in [0.3, 0.4) is 0 Å². The number of benzene rings is 1. The topological polar surface area (TPSA) is 15.8 Å². The summed E-state index contributed by atoms with van der Waals surface area (Å²) in [6.07, 6.45) is 2.05. The van der Waals surface area contributed by atoms with E-state index in [-0.39, 0.29) is 37.2 Å². The molecule has 1 aromatic carbocycles. The van der Waals surface area contributed by atoms with Crippen molar-refractivity contribution in [2.45, 2.75) is 0 Å². The summed E-state index contributed by atoms with van der Waals surface area (Å²) in [6.45, 7) is 0. The van der Waals surface area contributed by atoms with Crippen molar-refractivity contribution in [3.05, 3.63) is 48.7 Å². The Kier molecular flexibility index (Phi) is 5.66. The summed E-state index contributed by atoms with van der Waals surface area (Å²) in [6, 6.07) is 14.7. The van der Waals surface area contributed by atoms with Crippen LogP contribution >= 0.6 is 37.2 Å². The third kappa shape index (κ3) is 2.27. The van der Waals surface area contributed by atoms with Crippen molar-refractivity contribution in [2.75, 3.05) is 0 Å². The van der Waals surface area contributed by atoms with Crippen LogP contribution in [0, 0.1) is 0 Å². The van der Waals surface area contributed by atoms with Crippen molar-refractivity contribution in [1.29, 1.82) is 0 Å². The van der Waals surface area contributed by atoms with Gasteiger partial charge >= 0.3 is 0 Å². The molecule has 0 radical (unpaired) electrons. The molecule has 0 spiro atoms. The van der Waals surface area contributed by atoms with Crippen LogP contribution in [0.2, 0.25) is 0 Å². The molecular formula is C12H12Cl3N. The molecule has 0 fully saturated rings. The van der Waals surface area contributed by atoms with Crippen LogP contribution in [-0.2, 0) is 0 Å². The first-order valence-electron chi connectivity index (χ1n) is 4.40. The standard InChI is InChI=1S/C12H9N.3ClH/c1-2-7-12-11(5-1)10-6-3-4-9(10)8-13-12;;;/h1-8,13H;3*1H. The van der Waals surface area contributed by atoms with Crippen LogP contribution in [0.4, 0.5) is 0 Å². The molecule has 0 bridgehead atoms. The summed E-state index contributed by atoms with van der Waals surface area (Å²) in [5.41, 5.74) is 3.80. The van der Waals surface area contributed by atoms with Crippen LogP contribution < -0.4 is 0 Å². The van der Waals surface area contributed by atoms with Crippen molar-refractivity contribution < 1.29 is 0 Å². The van der Waals surface area contributed by atoms with Gasteiger partial charge in [0, 0.05) is 17.1 Å².